The van der Waals surface area contributed by atoms with Gasteiger partial charge in [0.2, 0.25) is 5.91 Å². The SMILES string of the molecule is CCNC(=NCc1ccccc1CN1CCCC1=O)NC1CCN(c2ccccc2OC)C1.I. The molecular weight excluding hydrogens is 541 g/mol. The van der Waals surface area contributed by atoms with E-state index in [2.05, 4.69) is 46.7 Å². The lowest BCUT2D eigenvalue weighted by atomic mass is 10.1. The van der Waals surface area contributed by atoms with Crippen LogP contribution in [0.4, 0.5) is 5.69 Å². The van der Waals surface area contributed by atoms with Crippen LogP contribution in [-0.4, -0.2) is 56.1 Å². The molecule has 1 atom stereocenters. The first kappa shape index (κ1) is 26.1. The zero-order valence-corrected chi connectivity index (χ0v) is 22.5. The molecule has 2 aromatic rings. The van der Waals surface area contributed by atoms with Crippen LogP contribution in [0.15, 0.2) is 53.5 Å². The summed E-state index contributed by atoms with van der Waals surface area (Å²) >= 11 is 0. The smallest absolute Gasteiger partial charge is 0.222 e. The second-order valence-corrected chi connectivity index (χ2v) is 8.63. The van der Waals surface area contributed by atoms with Crippen molar-refractivity contribution in [1.82, 2.24) is 15.5 Å². The molecule has 2 heterocycles. The van der Waals surface area contributed by atoms with E-state index in [1.807, 2.05) is 29.2 Å². The molecule has 1 amide bonds. The van der Waals surface area contributed by atoms with Crippen LogP contribution in [0.3, 0.4) is 0 Å². The fourth-order valence-corrected chi connectivity index (χ4v) is 4.61. The summed E-state index contributed by atoms with van der Waals surface area (Å²) in [7, 11) is 1.72. The van der Waals surface area contributed by atoms with E-state index in [0.29, 0.717) is 25.6 Å². The summed E-state index contributed by atoms with van der Waals surface area (Å²) in [4.78, 5) is 21.3. The quantitative estimate of drug-likeness (QED) is 0.284. The van der Waals surface area contributed by atoms with Gasteiger partial charge in [-0.2, -0.15) is 0 Å². The van der Waals surface area contributed by atoms with Crippen LogP contribution in [0.1, 0.15) is 37.3 Å². The van der Waals surface area contributed by atoms with Crippen molar-refractivity contribution in [2.45, 2.75) is 45.3 Å². The number of ether oxygens (including phenoxy) is 1. The van der Waals surface area contributed by atoms with Gasteiger partial charge in [0.05, 0.1) is 19.3 Å². The first-order valence-corrected chi connectivity index (χ1v) is 11.9. The molecule has 8 heteroatoms. The number of likely N-dealkylation sites (tertiary alicyclic amines) is 1. The summed E-state index contributed by atoms with van der Waals surface area (Å²) in [6.07, 6.45) is 2.67. The summed E-state index contributed by atoms with van der Waals surface area (Å²) in [5, 5.41) is 7.00. The lowest BCUT2D eigenvalue weighted by Gasteiger charge is -2.22. The maximum absolute atomic E-state index is 12.1. The van der Waals surface area contributed by atoms with Crippen LogP contribution >= 0.6 is 24.0 Å². The molecular formula is C26H36IN5O2. The molecule has 0 saturated carbocycles. The van der Waals surface area contributed by atoms with Crippen molar-refractivity contribution in [2.24, 2.45) is 4.99 Å². The van der Waals surface area contributed by atoms with Crippen molar-refractivity contribution in [2.75, 3.05) is 38.2 Å². The number of nitrogens with zero attached hydrogens (tertiary/aromatic N) is 3. The summed E-state index contributed by atoms with van der Waals surface area (Å²) in [5.41, 5.74) is 3.48. The number of anilines is 1. The van der Waals surface area contributed by atoms with Crippen molar-refractivity contribution in [3.8, 4) is 5.75 Å². The summed E-state index contributed by atoms with van der Waals surface area (Å²) in [6.45, 7) is 6.87. The van der Waals surface area contributed by atoms with Crippen molar-refractivity contribution >= 4 is 41.5 Å². The highest BCUT2D eigenvalue weighted by Gasteiger charge is 2.25. The number of carbonyl (C=O) groups is 1. The van der Waals surface area contributed by atoms with Gasteiger partial charge in [0.15, 0.2) is 5.96 Å². The number of nitrogens with one attached hydrogen (secondary N) is 2. The molecule has 2 aliphatic heterocycles. The van der Waals surface area contributed by atoms with Crippen LogP contribution in [0.2, 0.25) is 0 Å². The zero-order chi connectivity index (χ0) is 23.0. The summed E-state index contributed by atoms with van der Waals surface area (Å²) < 4.78 is 5.54. The highest BCUT2D eigenvalue weighted by Crippen LogP contribution is 2.30. The third-order valence-corrected chi connectivity index (χ3v) is 6.36. The number of rotatable bonds is 8. The monoisotopic (exact) mass is 577 g/mol. The molecule has 0 spiro atoms. The predicted octanol–water partition coefficient (Wildman–Crippen LogP) is 3.77. The molecule has 2 saturated heterocycles. The van der Waals surface area contributed by atoms with Crippen LogP contribution in [-0.2, 0) is 17.9 Å². The number of benzene rings is 2. The van der Waals surface area contributed by atoms with Gasteiger partial charge in [-0.1, -0.05) is 36.4 Å². The average Bonchev–Trinajstić information content (AvgIpc) is 3.47. The number of amides is 1. The van der Waals surface area contributed by atoms with Gasteiger partial charge in [-0.3, -0.25) is 4.79 Å². The van der Waals surface area contributed by atoms with E-state index >= 15 is 0 Å². The molecule has 0 aromatic heterocycles. The van der Waals surface area contributed by atoms with Crippen molar-refractivity contribution < 1.29 is 9.53 Å². The topological polar surface area (TPSA) is 69.2 Å². The van der Waals surface area contributed by atoms with Gasteiger partial charge in [-0.05, 0) is 43.0 Å². The standard InChI is InChI=1S/C26H35N5O2.HI/c1-3-27-26(29-22-14-16-30(19-22)23-11-6-7-12-24(23)33-2)28-17-20-9-4-5-10-21(20)18-31-15-8-13-25(31)32;/h4-7,9-12,22H,3,8,13-19H2,1-2H3,(H2,27,28,29);1H. The highest BCUT2D eigenvalue weighted by molar-refractivity contribution is 14.0. The molecule has 1 unspecified atom stereocenters. The van der Waals surface area contributed by atoms with Gasteiger partial charge in [0, 0.05) is 45.2 Å². The number of para-hydroxylation sites is 2. The normalized spacial score (nSPS) is 18.1. The fourth-order valence-electron chi connectivity index (χ4n) is 4.61. The number of hydrogen-bond acceptors (Lipinski definition) is 4. The lowest BCUT2D eigenvalue weighted by molar-refractivity contribution is -0.128. The maximum atomic E-state index is 12.1. The Hall–Kier alpha value is -2.49. The second kappa shape index (κ2) is 12.8. The Morgan fingerprint density at radius 2 is 1.88 bits per heavy atom. The van der Waals surface area contributed by atoms with Gasteiger partial charge in [0.25, 0.3) is 0 Å². The Labute approximate surface area is 220 Å². The Kier molecular flexibility index (Phi) is 9.86. The third-order valence-electron chi connectivity index (χ3n) is 6.36. The molecule has 4 rings (SSSR count). The van der Waals surface area contributed by atoms with Gasteiger partial charge in [-0.15, -0.1) is 24.0 Å². The minimum Gasteiger partial charge on any atom is -0.495 e. The first-order chi connectivity index (χ1) is 16.2. The minimum atomic E-state index is 0. The lowest BCUT2D eigenvalue weighted by Crippen LogP contribution is -2.44. The van der Waals surface area contributed by atoms with Crippen molar-refractivity contribution in [1.29, 1.82) is 0 Å². The Bertz CT molecular complexity index is 983. The molecule has 34 heavy (non-hydrogen) atoms. The molecule has 184 valence electrons. The number of halogens is 1. The minimum absolute atomic E-state index is 0. The fraction of sp³-hybridized carbons (Fsp3) is 0.462. The largest absolute Gasteiger partial charge is 0.495 e. The Morgan fingerprint density at radius 3 is 2.62 bits per heavy atom. The molecule has 0 aliphatic carbocycles. The zero-order valence-electron chi connectivity index (χ0n) is 20.1. The maximum Gasteiger partial charge on any atom is 0.222 e. The van der Waals surface area contributed by atoms with Crippen molar-refractivity contribution in [3.05, 3.63) is 59.7 Å². The molecule has 2 aromatic carbocycles. The Balaban J connectivity index is 0.00000324. The number of aliphatic imine (C=N–C) groups is 1. The molecule has 2 fully saturated rings. The van der Waals surface area contributed by atoms with Crippen LogP contribution in [0.25, 0.3) is 0 Å². The number of carbonyl (C=O) groups excluding carboxylic acids is 1. The van der Waals surface area contributed by atoms with E-state index < -0.39 is 0 Å². The highest BCUT2D eigenvalue weighted by atomic mass is 127. The van der Waals surface area contributed by atoms with Gasteiger partial charge in [0.1, 0.15) is 5.75 Å². The van der Waals surface area contributed by atoms with Crippen LogP contribution in [0, 0.1) is 0 Å². The Morgan fingerprint density at radius 1 is 1.12 bits per heavy atom. The van der Waals surface area contributed by atoms with Gasteiger partial charge < -0.3 is 25.2 Å². The molecule has 2 aliphatic rings. The summed E-state index contributed by atoms with van der Waals surface area (Å²) in [5.74, 6) is 1.99. The van der Waals surface area contributed by atoms with E-state index in [1.54, 1.807) is 7.11 Å². The number of guanidine groups is 1. The van der Waals surface area contributed by atoms with E-state index in [9.17, 15) is 4.79 Å². The van der Waals surface area contributed by atoms with E-state index in [4.69, 9.17) is 9.73 Å². The van der Waals surface area contributed by atoms with E-state index in [0.717, 1.165) is 62.0 Å². The van der Waals surface area contributed by atoms with E-state index in [-0.39, 0.29) is 29.9 Å². The molecule has 2 N–H and O–H groups in total. The van der Waals surface area contributed by atoms with Gasteiger partial charge >= 0.3 is 0 Å². The van der Waals surface area contributed by atoms with Gasteiger partial charge in [-0.25, -0.2) is 4.99 Å². The molecule has 0 radical (unpaired) electrons. The third kappa shape index (κ3) is 6.55. The predicted molar refractivity (Wildman–Crippen MR) is 148 cm³/mol. The number of methoxy groups -OCH3 is 1. The second-order valence-electron chi connectivity index (χ2n) is 8.63. The number of hydrogen-bond donors (Lipinski definition) is 2. The van der Waals surface area contributed by atoms with Crippen molar-refractivity contribution in [3.63, 3.8) is 0 Å². The first-order valence-electron chi connectivity index (χ1n) is 11.9. The van der Waals surface area contributed by atoms with E-state index in [1.165, 1.54) is 5.56 Å². The molecule has 7 nitrogen and oxygen atoms in total. The average molecular weight is 578 g/mol. The summed E-state index contributed by atoms with van der Waals surface area (Å²) in [6, 6.07) is 16.8. The van der Waals surface area contributed by atoms with Crippen LogP contribution < -0.4 is 20.3 Å². The molecule has 0 bridgehead atoms. The van der Waals surface area contributed by atoms with Crippen LogP contribution in [0.5, 0.6) is 5.75 Å².